The maximum absolute atomic E-state index is 12.4. The summed E-state index contributed by atoms with van der Waals surface area (Å²) < 4.78 is 5.26. The van der Waals surface area contributed by atoms with E-state index in [0.717, 1.165) is 16.8 Å². The molecule has 2 aromatic heterocycles. The highest BCUT2D eigenvalue weighted by molar-refractivity contribution is 7.14. The molecule has 4 rings (SSSR count). The van der Waals surface area contributed by atoms with Crippen molar-refractivity contribution in [3.05, 3.63) is 71.7 Å². The Morgan fingerprint density at radius 1 is 0.966 bits per heavy atom. The van der Waals surface area contributed by atoms with Crippen LogP contribution in [0.5, 0.6) is 0 Å². The highest BCUT2D eigenvalue weighted by atomic mass is 32.1. The van der Waals surface area contributed by atoms with Gasteiger partial charge in [-0.3, -0.25) is 14.9 Å². The van der Waals surface area contributed by atoms with Gasteiger partial charge in [-0.2, -0.15) is 0 Å². The topological polar surface area (TPSA) is 97.1 Å². The molecule has 4 aromatic rings. The van der Waals surface area contributed by atoms with Crippen LogP contribution in [0.25, 0.3) is 22.6 Å². The smallest absolute Gasteiger partial charge is 0.279 e. The second-order valence-corrected chi connectivity index (χ2v) is 7.05. The number of amides is 2. The van der Waals surface area contributed by atoms with Crippen LogP contribution in [-0.4, -0.2) is 22.0 Å². The molecule has 29 heavy (non-hydrogen) atoms. The number of aromatic nitrogens is 2. The maximum Gasteiger partial charge on any atom is 0.279 e. The quantitative estimate of drug-likeness (QED) is 0.504. The van der Waals surface area contributed by atoms with E-state index >= 15 is 0 Å². The third-order valence-electron chi connectivity index (χ3n) is 4.03. The van der Waals surface area contributed by atoms with Gasteiger partial charge in [0.05, 0.1) is 5.69 Å². The molecule has 8 heteroatoms. The van der Waals surface area contributed by atoms with Crippen molar-refractivity contribution in [3.63, 3.8) is 0 Å². The van der Waals surface area contributed by atoms with Gasteiger partial charge < -0.3 is 9.84 Å². The van der Waals surface area contributed by atoms with Crippen molar-refractivity contribution in [2.24, 2.45) is 0 Å². The van der Waals surface area contributed by atoms with E-state index in [1.54, 1.807) is 18.2 Å². The molecule has 0 aliphatic rings. The summed E-state index contributed by atoms with van der Waals surface area (Å²) in [5.41, 5.74) is 3.34. The summed E-state index contributed by atoms with van der Waals surface area (Å²) in [6.45, 7) is 1.46. The molecule has 0 saturated heterocycles. The summed E-state index contributed by atoms with van der Waals surface area (Å²) in [5, 5.41) is 11.6. The number of thiazole rings is 1. The Kier molecular flexibility index (Phi) is 5.17. The fourth-order valence-corrected chi connectivity index (χ4v) is 3.39. The normalized spacial score (nSPS) is 10.5. The van der Waals surface area contributed by atoms with Crippen molar-refractivity contribution in [2.75, 3.05) is 10.6 Å². The molecule has 0 bridgehead atoms. The minimum absolute atomic E-state index is 0.125. The summed E-state index contributed by atoms with van der Waals surface area (Å²) in [6, 6.07) is 18.4. The van der Waals surface area contributed by atoms with E-state index in [-0.39, 0.29) is 11.6 Å². The number of carbonyl (C=O) groups excluding carboxylic acids is 2. The van der Waals surface area contributed by atoms with E-state index < -0.39 is 5.91 Å². The zero-order valence-electron chi connectivity index (χ0n) is 15.4. The van der Waals surface area contributed by atoms with Crippen LogP contribution in [-0.2, 0) is 4.79 Å². The minimum Gasteiger partial charge on any atom is -0.355 e. The Bertz CT molecular complexity index is 1150. The lowest BCUT2D eigenvalue weighted by Crippen LogP contribution is -2.11. The average molecular weight is 404 g/mol. The van der Waals surface area contributed by atoms with Gasteiger partial charge in [-0.15, -0.1) is 11.3 Å². The largest absolute Gasteiger partial charge is 0.355 e. The first-order chi connectivity index (χ1) is 14.1. The van der Waals surface area contributed by atoms with E-state index in [1.165, 1.54) is 18.3 Å². The first-order valence-electron chi connectivity index (χ1n) is 8.75. The van der Waals surface area contributed by atoms with Crippen LogP contribution in [0.1, 0.15) is 17.4 Å². The van der Waals surface area contributed by atoms with Crippen LogP contribution in [0.2, 0.25) is 0 Å². The van der Waals surface area contributed by atoms with Gasteiger partial charge in [-0.05, 0) is 12.1 Å². The van der Waals surface area contributed by atoms with Crippen LogP contribution in [0.15, 0.2) is 70.6 Å². The number of hydrogen-bond acceptors (Lipinski definition) is 6. The SMILES string of the molecule is CC(=O)Nc1ccc(-c2csc(NC(=O)c3cc(-c4ccccc4)on3)n2)cc1. The molecule has 2 amide bonds. The third-order valence-corrected chi connectivity index (χ3v) is 4.78. The van der Waals surface area contributed by atoms with Crippen molar-refractivity contribution < 1.29 is 14.1 Å². The van der Waals surface area contributed by atoms with Gasteiger partial charge in [0.1, 0.15) is 0 Å². The van der Waals surface area contributed by atoms with E-state index in [4.69, 9.17) is 4.52 Å². The van der Waals surface area contributed by atoms with Crippen LogP contribution in [0.3, 0.4) is 0 Å². The molecule has 0 saturated carbocycles. The molecule has 0 atom stereocenters. The maximum atomic E-state index is 12.4. The third kappa shape index (κ3) is 4.39. The van der Waals surface area contributed by atoms with Crippen LogP contribution >= 0.6 is 11.3 Å². The summed E-state index contributed by atoms with van der Waals surface area (Å²) in [6.07, 6.45) is 0. The minimum atomic E-state index is -0.391. The lowest BCUT2D eigenvalue weighted by Gasteiger charge is -2.02. The summed E-state index contributed by atoms with van der Waals surface area (Å²) in [5.74, 6) is 0.00681. The molecular weight excluding hydrogens is 388 g/mol. The van der Waals surface area contributed by atoms with Crippen molar-refractivity contribution in [3.8, 4) is 22.6 Å². The summed E-state index contributed by atoms with van der Waals surface area (Å²) >= 11 is 1.31. The number of rotatable bonds is 5. The molecule has 0 fully saturated rings. The van der Waals surface area contributed by atoms with Gasteiger partial charge in [-0.1, -0.05) is 47.6 Å². The van der Waals surface area contributed by atoms with E-state index in [9.17, 15) is 9.59 Å². The van der Waals surface area contributed by atoms with Crippen LogP contribution in [0.4, 0.5) is 10.8 Å². The van der Waals surface area contributed by atoms with Gasteiger partial charge in [0.15, 0.2) is 16.6 Å². The predicted octanol–water partition coefficient (Wildman–Crippen LogP) is 4.68. The average Bonchev–Trinajstić information content (AvgIpc) is 3.39. The van der Waals surface area contributed by atoms with Gasteiger partial charge in [0.25, 0.3) is 5.91 Å². The predicted molar refractivity (Wildman–Crippen MR) is 112 cm³/mol. The van der Waals surface area contributed by atoms with Crippen molar-refractivity contribution in [1.29, 1.82) is 0 Å². The second-order valence-electron chi connectivity index (χ2n) is 6.19. The van der Waals surface area contributed by atoms with Gasteiger partial charge in [0, 0.05) is 35.2 Å². The highest BCUT2D eigenvalue weighted by Gasteiger charge is 2.15. The fourth-order valence-electron chi connectivity index (χ4n) is 2.67. The first kappa shape index (κ1) is 18.6. The number of nitrogens with zero attached hydrogens (tertiary/aromatic N) is 2. The molecule has 144 valence electrons. The van der Waals surface area contributed by atoms with Gasteiger partial charge in [-0.25, -0.2) is 4.98 Å². The summed E-state index contributed by atoms with van der Waals surface area (Å²) in [7, 11) is 0. The summed E-state index contributed by atoms with van der Waals surface area (Å²) in [4.78, 5) is 28.0. The van der Waals surface area contributed by atoms with E-state index in [0.29, 0.717) is 16.6 Å². The number of carbonyl (C=O) groups is 2. The molecule has 0 radical (unpaired) electrons. The Morgan fingerprint density at radius 3 is 2.45 bits per heavy atom. The highest BCUT2D eigenvalue weighted by Crippen LogP contribution is 2.27. The van der Waals surface area contributed by atoms with Crippen LogP contribution < -0.4 is 10.6 Å². The Hall–Kier alpha value is -3.78. The van der Waals surface area contributed by atoms with Crippen molar-refractivity contribution in [2.45, 2.75) is 6.92 Å². The zero-order chi connectivity index (χ0) is 20.2. The van der Waals surface area contributed by atoms with E-state index in [1.807, 2.05) is 47.8 Å². The van der Waals surface area contributed by atoms with Crippen LogP contribution in [0, 0.1) is 0 Å². The molecule has 0 unspecified atom stereocenters. The second kappa shape index (κ2) is 8.07. The van der Waals surface area contributed by atoms with E-state index in [2.05, 4.69) is 20.8 Å². The molecule has 2 N–H and O–H groups in total. The monoisotopic (exact) mass is 404 g/mol. The van der Waals surface area contributed by atoms with Gasteiger partial charge >= 0.3 is 0 Å². The zero-order valence-corrected chi connectivity index (χ0v) is 16.2. The first-order valence-corrected chi connectivity index (χ1v) is 9.63. The number of nitrogens with one attached hydrogen (secondary N) is 2. The molecule has 2 aromatic carbocycles. The molecular formula is C21H16N4O3S. The Labute approximate surface area is 170 Å². The molecule has 0 aliphatic heterocycles. The molecule has 0 spiro atoms. The lowest BCUT2D eigenvalue weighted by molar-refractivity contribution is -0.114. The molecule has 7 nitrogen and oxygen atoms in total. The standard InChI is InChI=1S/C21H16N4O3S/c1-13(26)22-16-9-7-14(8-10-16)18-12-29-21(23-18)24-20(27)17-11-19(28-25-17)15-5-3-2-4-6-15/h2-12H,1H3,(H,22,26)(H,23,24,27). The Balaban J connectivity index is 1.44. The Morgan fingerprint density at radius 2 is 1.72 bits per heavy atom. The fraction of sp³-hybridized carbons (Fsp3) is 0.0476. The number of anilines is 2. The van der Waals surface area contributed by atoms with Crippen molar-refractivity contribution in [1.82, 2.24) is 10.1 Å². The lowest BCUT2D eigenvalue weighted by atomic mass is 10.1. The number of benzene rings is 2. The molecule has 0 aliphatic carbocycles. The molecule has 2 heterocycles. The van der Waals surface area contributed by atoms with Crippen molar-refractivity contribution >= 4 is 34.0 Å². The van der Waals surface area contributed by atoms with Gasteiger partial charge in [0.2, 0.25) is 5.91 Å². The number of hydrogen-bond donors (Lipinski definition) is 2.